The van der Waals surface area contributed by atoms with Crippen LogP contribution in [0.5, 0.6) is 10.8 Å². The molecule has 2 aromatic heterocycles. The second-order valence-electron chi connectivity index (χ2n) is 8.14. The molecule has 0 saturated carbocycles. The van der Waals surface area contributed by atoms with Gasteiger partial charge in [-0.05, 0) is 37.8 Å². The van der Waals surface area contributed by atoms with E-state index in [4.69, 9.17) is 9.15 Å². The van der Waals surface area contributed by atoms with Crippen LogP contribution in [0.4, 0.5) is 18.0 Å². The lowest BCUT2D eigenvalue weighted by molar-refractivity contribution is -0.152. The quantitative estimate of drug-likeness (QED) is 0.345. The van der Waals surface area contributed by atoms with Gasteiger partial charge in [0.15, 0.2) is 17.5 Å². The van der Waals surface area contributed by atoms with Gasteiger partial charge in [0.2, 0.25) is 0 Å². The molecule has 2 N–H and O–H groups in total. The molecule has 0 fully saturated rings. The van der Waals surface area contributed by atoms with E-state index in [9.17, 15) is 32.7 Å². The summed E-state index contributed by atoms with van der Waals surface area (Å²) >= 11 is 1.05. The molecule has 0 aromatic carbocycles. The van der Waals surface area contributed by atoms with E-state index in [1.54, 1.807) is 26.0 Å². The van der Waals surface area contributed by atoms with Gasteiger partial charge in [0.25, 0.3) is 0 Å². The van der Waals surface area contributed by atoms with Gasteiger partial charge >= 0.3 is 17.9 Å². The molecule has 2 atom stereocenters. The third-order valence-electron chi connectivity index (χ3n) is 5.24. The Balaban J connectivity index is 1.95. The molecule has 0 saturated heterocycles. The third-order valence-corrected chi connectivity index (χ3v) is 6.30. The summed E-state index contributed by atoms with van der Waals surface area (Å²) in [5.41, 5.74) is -1.36. The summed E-state index contributed by atoms with van der Waals surface area (Å²) in [4.78, 5) is 37.0. The summed E-state index contributed by atoms with van der Waals surface area (Å²) in [6, 6.07) is 4.31. The highest BCUT2D eigenvalue weighted by Crippen LogP contribution is 2.30. The van der Waals surface area contributed by atoms with E-state index < -0.39 is 47.5 Å². The number of halogens is 3. The lowest BCUT2D eigenvalue weighted by Crippen LogP contribution is -2.21. The number of carbonyl (C=O) groups is 2. The molecule has 0 aliphatic rings. The highest BCUT2D eigenvalue weighted by Gasteiger charge is 2.29. The molecule has 0 aliphatic carbocycles. The largest absolute Gasteiger partial charge is 0.507 e. The van der Waals surface area contributed by atoms with Crippen molar-refractivity contribution in [2.75, 3.05) is 13.7 Å². The van der Waals surface area contributed by atoms with Crippen LogP contribution in [0.15, 0.2) is 39.7 Å². The average molecular weight is 532 g/mol. The van der Waals surface area contributed by atoms with Crippen LogP contribution < -0.4 is 15.7 Å². The molecule has 12 heteroatoms. The number of aromatic hydroxyl groups is 1. The number of ether oxygens (including phenoxy) is 2. The van der Waals surface area contributed by atoms with Gasteiger partial charge in [0.1, 0.15) is 17.1 Å². The minimum absolute atomic E-state index is 0.125. The van der Waals surface area contributed by atoms with Crippen molar-refractivity contribution in [2.45, 2.75) is 51.6 Å². The number of nitrogens with one attached hydrogen (secondary N) is 1. The van der Waals surface area contributed by atoms with Gasteiger partial charge in [0, 0.05) is 29.0 Å². The maximum Gasteiger partial charge on any atom is 0.422 e. The number of alkyl halides is 3. The lowest BCUT2D eigenvalue weighted by atomic mass is 9.94. The van der Waals surface area contributed by atoms with E-state index in [0.29, 0.717) is 25.7 Å². The maximum absolute atomic E-state index is 12.8. The molecule has 36 heavy (non-hydrogen) atoms. The van der Waals surface area contributed by atoms with Crippen LogP contribution in [0.2, 0.25) is 0 Å². The molecular weight excluding hydrogens is 503 g/mol. The summed E-state index contributed by atoms with van der Waals surface area (Å²) in [5.74, 6) is -1.72. The standard InChI is InChI=1S/C24H28F3NO7S/c1-14(6-4-5-11-28-23(32)33-3)18-12-17(29)20(22(31)35-18)21(30)15(2)7-8-16-9-10-19(36-16)34-13-24(25,26)27/h5,9-12,14-15,29H,4,6-8,13H2,1-3H3,(H,28,32)/b11-5+. The van der Waals surface area contributed by atoms with Gasteiger partial charge in [-0.1, -0.05) is 19.9 Å². The molecule has 8 nitrogen and oxygen atoms in total. The first-order chi connectivity index (χ1) is 16.9. The predicted octanol–water partition coefficient (Wildman–Crippen LogP) is 5.55. The summed E-state index contributed by atoms with van der Waals surface area (Å²) in [6.45, 7) is 2.01. The fourth-order valence-electron chi connectivity index (χ4n) is 3.19. The van der Waals surface area contributed by atoms with Crippen molar-refractivity contribution in [1.82, 2.24) is 5.32 Å². The van der Waals surface area contributed by atoms with Crippen molar-refractivity contribution < 1.29 is 41.8 Å². The highest BCUT2D eigenvalue weighted by atomic mass is 32.1. The number of thiophene rings is 1. The Hall–Kier alpha value is -3.28. The number of allylic oxidation sites excluding steroid dienone is 1. The van der Waals surface area contributed by atoms with Gasteiger partial charge in [-0.15, -0.1) is 11.3 Å². The van der Waals surface area contributed by atoms with Crippen LogP contribution in [0.1, 0.15) is 60.0 Å². The van der Waals surface area contributed by atoms with Crippen LogP contribution in [0.3, 0.4) is 0 Å². The van der Waals surface area contributed by atoms with E-state index in [-0.39, 0.29) is 16.7 Å². The molecule has 0 bridgehead atoms. The fourth-order valence-corrected chi connectivity index (χ4v) is 4.05. The Morgan fingerprint density at radius 1 is 1.25 bits per heavy atom. The van der Waals surface area contributed by atoms with Crippen LogP contribution in [-0.2, 0) is 11.2 Å². The number of methoxy groups -OCH3 is 1. The zero-order valence-corrected chi connectivity index (χ0v) is 20.8. The smallest absolute Gasteiger partial charge is 0.422 e. The number of ketones is 1. The SMILES string of the molecule is COC(=O)N/C=C/CCC(C)c1cc(O)c(C(=O)C(C)CCc2ccc(OCC(F)(F)F)s2)c(=O)o1. The molecule has 0 radical (unpaired) electrons. The Labute approximate surface area is 209 Å². The predicted molar refractivity (Wildman–Crippen MR) is 127 cm³/mol. The molecular formula is C24H28F3NO7S. The Morgan fingerprint density at radius 3 is 2.61 bits per heavy atom. The van der Waals surface area contributed by atoms with E-state index in [1.807, 2.05) is 0 Å². The van der Waals surface area contributed by atoms with Crippen molar-refractivity contribution >= 4 is 23.2 Å². The average Bonchev–Trinajstić information content (AvgIpc) is 3.27. The maximum atomic E-state index is 12.8. The molecule has 198 valence electrons. The Morgan fingerprint density at radius 2 is 1.97 bits per heavy atom. The summed E-state index contributed by atoms with van der Waals surface area (Å²) < 4.78 is 51.3. The topological polar surface area (TPSA) is 115 Å². The molecule has 0 aliphatic heterocycles. The summed E-state index contributed by atoms with van der Waals surface area (Å²) in [5, 5.41) is 12.9. The minimum atomic E-state index is -4.43. The van der Waals surface area contributed by atoms with Crippen molar-refractivity contribution in [3.63, 3.8) is 0 Å². The van der Waals surface area contributed by atoms with Gasteiger partial charge in [0.05, 0.1) is 7.11 Å². The number of Topliss-reactive ketones (excluding diaryl/α,β-unsaturated/α-hetero) is 1. The summed E-state index contributed by atoms with van der Waals surface area (Å²) in [7, 11) is 1.25. The van der Waals surface area contributed by atoms with E-state index in [0.717, 1.165) is 16.2 Å². The van der Waals surface area contributed by atoms with Gasteiger partial charge in [-0.2, -0.15) is 13.2 Å². The first-order valence-corrected chi connectivity index (χ1v) is 11.9. The van der Waals surface area contributed by atoms with E-state index in [1.165, 1.54) is 25.4 Å². The Bertz CT molecular complexity index is 1120. The number of amides is 1. The van der Waals surface area contributed by atoms with Crippen LogP contribution >= 0.6 is 11.3 Å². The number of carbonyl (C=O) groups excluding carboxylic acids is 2. The molecule has 0 spiro atoms. The highest BCUT2D eigenvalue weighted by molar-refractivity contribution is 7.13. The number of hydrogen-bond acceptors (Lipinski definition) is 8. The number of alkyl carbamates (subject to hydrolysis) is 1. The van der Waals surface area contributed by atoms with Gasteiger partial charge in [-0.3, -0.25) is 10.1 Å². The molecule has 2 rings (SSSR count). The second-order valence-corrected chi connectivity index (χ2v) is 9.27. The second kappa shape index (κ2) is 13.1. The zero-order valence-electron chi connectivity index (χ0n) is 20.0. The molecule has 2 aromatic rings. The third kappa shape index (κ3) is 9.06. The van der Waals surface area contributed by atoms with Crippen molar-refractivity contribution in [3.05, 3.63) is 57.1 Å². The van der Waals surface area contributed by atoms with Crippen molar-refractivity contribution in [2.24, 2.45) is 5.92 Å². The zero-order chi connectivity index (χ0) is 26.9. The lowest BCUT2D eigenvalue weighted by Gasteiger charge is -2.13. The van der Waals surface area contributed by atoms with E-state index >= 15 is 0 Å². The van der Waals surface area contributed by atoms with Gasteiger partial charge in [-0.25, -0.2) is 9.59 Å². The fraction of sp³-hybridized carbons (Fsp3) is 0.458. The monoisotopic (exact) mass is 531 g/mol. The van der Waals surface area contributed by atoms with Gasteiger partial charge < -0.3 is 19.0 Å². The molecule has 2 heterocycles. The molecule has 1 amide bonds. The van der Waals surface area contributed by atoms with Crippen LogP contribution in [0, 0.1) is 5.92 Å². The van der Waals surface area contributed by atoms with E-state index in [2.05, 4.69) is 10.1 Å². The number of aryl methyl sites for hydroxylation is 1. The number of hydrogen-bond donors (Lipinski definition) is 2. The first-order valence-electron chi connectivity index (χ1n) is 11.1. The van der Waals surface area contributed by atoms with Crippen molar-refractivity contribution in [1.29, 1.82) is 0 Å². The normalized spacial score (nSPS) is 13.4. The Kier molecular flexibility index (Phi) is 10.6. The summed E-state index contributed by atoms with van der Waals surface area (Å²) in [6.07, 6.45) is -0.124. The van der Waals surface area contributed by atoms with Crippen LogP contribution in [-0.4, -0.2) is 36.9 Å². The molecule has 2 unspecified atom stereocenters. The minimum Gasteiger partial charge on any atom is -0.507 e. The first kappa shape index (κ1) is 29.0. The number of rotatable bonds is 12. The van der Waals surface area contributed by atoms with Crippen molar-refractivity contribution in [3.8, 4) is 10.8 Å². The van der Waals surface area contributed by atoms with Crippen LogP contribution in [0.25, 0.3) is 0 Å².